The maximum absolute atomic E-state index is 12.4. The highest BCUT2D eigenvalue weighted by Crippen LogP contribution is 2.31. The van der Waals surface area contributed by atoms with Gasteiger partial charge in [-0.05, 0) is 31.9 Å². The van der Waals surface area contributed by atoms with Crippen LogP contribution >= 0.6 is 11.6 Å². The average molecular weight is 352 g/mol. The van der Waals surface area contributed by atoms with Crippen LogP contribution in [-0.2, 0) is 0 Å². The lowest BCUT2D eigenvalue weighted by Gasteiger charge is -2.18. The Kier molecular flexibility index (Phi) is 5.36. The highest BCUT2D eigenvalue weighted by atomic mass is 35.5. The van der Waals surface area contributed by atoms with Crippen molar-refractivity contribution in [1.82, 2.24) is 4.90 Å². The minimum Gasteiger partial charge on any atom is -0.383 e. The van der Waals surface area contributed by atoms with E-state index in [0.717, 1.165) is 0 Å². The van der Waals surface area contributed by atoms with Crippen molar-refractivity contribution >= 4 is 23.0 Å². The van der Waals surface area contributed by atoms with Crippen molar-refractivity contribution in [3.63, 3.8) is 0 Å². The lowest BCUT2D eigenvalue weighted by molar-refractivity contribution is -0.385. The average Bonchev–Trinajstić information content (AvgIpc) is 2.84. The molecule has 1 atom stereocenters. The van der Waals surface area contributed by atoms with E-state index in [1.54, 1.807) is 13.0 Å². The van der Waals surface area contributed by atoms with E-state index >= 15 is 0 Å². The molecule has 23 heavy (non-hydrogen) atoms. The first-order chi connectivity index (χ1) is 10.7. The third-order valence-electron chi connectivity index (χ3n) is 3.84. The SMILES string of the molecule is Cc1cc(NCC2CCN(CC(F)(F)F)C2)c(Cl)cc1[N+](=O)[O-]. The highest BCUT2D eigenvalue weighted by molar-refractivity contribution is 6.33. The van der Waals surface area contributed by atoms with Crippen molar-refractivity contribution < 1.29 is 18.1 Å². The van der Waals surface area contributed by atoms with Crippen LogP contribution in [0.5, 0.6) is 0 Å². The topological polar surface area (TPSA) is 58.4 Å². The van der Waals surface area contributed by atoms with Gasteiger partial charge in [-0.3, -0.25) is 15.0 Å². The number of likely N-dealkylation sites (tertiary alicyclic amines) is 1. The van der Waals surface area contributed by atoms with Crippen LogP contribution in [0.4, 0.5) is 24.5 Å². The molecule has 1 aliphatic rings. The van der Waals surface area contributed by atoms with Gasteiger partial charge in [-0.1, -0.05) is 11.6 Å². The van der Waals surface area contributed by atoms with Crippen molar-refractivity contribution in [2.75, 3.05) is 31.5 Å². The Labute approximate surface area is 136 Å². The van der Waals surface area contributed by atoms with Crippen molar-refractivity contribution in [2.45, 2.75) is 19.5 Å². The second kappa shape index (κ2) is 6.92. The first-order valence-corrected chi connectivity index (χ1v) is 7.51. The van der Waals surface area contributed by atoms with Crippen LogP contribution in [0.15, 0.2) is 12.1 Å². The lowest BCUT2D eigenvalue weighted by atomic mass is 10.1. The number of hydrogen-bond acceptors (Lipinski definition) is 4. The summed E-state index contributed by atoms with van der Waals surface area (Å²) in [6, 6.07) is 2.87. The number of nitro groups is 1. The molecule has 1 heterocycles. The second-order valence-corrected chi connectivity index (χ2v) is 6.17. The summed E-state index contributed by atoms with van der Waals surface area (Å²) in [5, 5.41) is 14.1. The van der Waals surface area contributed by atoms with Gasteiger partial charge in [0.15, 0.2) is 0 Å². The van der Waals surface area contributed by atoms with E-state index in [-0.39, 0.29) is 16.6 Å². The molecule has 1 aromatic carbocycles. The Morgan fingerprint density at radius 1 is 1.48 bits per heavy atom. The van der Waals surface area contributed by atoms with Crippen LogP contribution in [-0.4, -0.2) is 42.2 Å². The van der Waals surface area contributed by atoms with Gasteiger partial charge in [0.05, 0.1) is 22.2 Å². The number of nitrogens with one attached hydrogen (secondary N) is 1. The summed E-state index contributed by atoms with van der Waals surface area (Å²) in [5.41, 5.74) is 0.980. The van der Waals surface area contributed by atoms with Crippen LogP contribution < -0.4 is 5.32 Å². The normalized spacial score (nSPS) is 19.1. The summed E-state index contributed by atoms with van der Waals surface area (Å²) in [4.78, 5) is 11.7. The molecule has 1 unspecified atom stereocenters. The van der Waals surface area contributed by atoms with Crippen molar-refractivity contribution in [3.8, 4) is 0 Å². The molecule has 1 fully saturated rings. The molecular weight excluding hydrogens is 335 g/mol. The third-order valence-corrected chi connectivity index (χ3v) is 4.15. The maximum atomic E-state index is 12.4. The first-order valence-electron chi connectivity index (χ1n) is 7.13. The van der Waals surface area contributed by atoms with E-state index in [0.29, 0.717) is 37.3 Å². The highest BCUT2D eigenvalue weighted by Gasteiger charge is 2.34. The second-order valence-electron chi connectivity index (χ2n) is 5.76. The molecule has 0 radical (unpaired) electrons. The zero-order valence-corrected chi connectivity index (χ0v) is 13.2. The van der Waals surface area contributed by atoms with Crippen LogP contribution in [0.25, 0.3) is 0 Å². The number of benzene rings is 1. The van der Waals surface area contributed by atoms with E-state index in [4.69, 9.17) is 11.6 Å². The Hall–Kier alpha value is -1.54. The summed E-state index contributed by atoms with van der Waals surface area (Å²) < 4.78 is 37.1. The van der Waals surface area contributed by atoms with Crippen LogP contribution in [0, 0.1) is 23.0 Å². The quantitative estimate of drug-likeness (QED) is 0.646. The van der Waals surface area contributed by atoms with Gasteiger partial charge in [-0.2, -0.15) is 13.2 Å². The minimum atomic E-state index is -4.18. The molecule has 5 nitrogen and oxygen atoms in total. The largest absolute Gasteiger partial charge is 0.401 e. The van der Waals surface area contributed by atoms with Crippen molar-refractivity contribution in [1.29, 1.82) is 0 Å². The molecule has 1 aliphatic heterocycles. The summed E-state index contributed by atoms with van der Waals surface area (Å²) in [7, 11) is 0. The zero-order valence-electron chi connectivity index (χ0n) is 12.5. The fourth-order valence-electron chi connectivity index (χ4n) is 2.73. The number of aryl methyl sites for hydroxylation is 1. The van der Waals surface area contributed by atoms with E-state index in [9.17, 15) is 23.3 Å². The van der Waals surface area contributed by atoms with Crippen molar-refractivity contribution in [2.24, 2.45) is 5.92 Å². The number of rotatable bonds is 5. The molecule has 0 aliphatic carbocycles. The van der Waals surface area contributed by atoms with Gasteiger partial charge in [0.2, 0.25) is 0 Å². The Balaban J connectivity index is 1.92. The van der Waals surface area contributed by atoms with Gasteiger partial charge < -0.3 is 5.32 Å². The molecule has 0 aromatic heterocycles. The Morgan fingerprint density at radius 3 is 2.78 bits per heavy atom. The van der Waals surface area contributed by atoms with Crippen LogP contribution in [0.2, 0.25) is 5.02 Å². The minimum absolute atomic E-state index is 0.0576. The molecule has 0 amide bonds. The van der Waals surface area contributed by atoms with Gasteiger partial charge >= 0.3 is 6.18 Å². The van der Waals surface area contributed by atoms with Crippen LogP contribution in [0.1, 0.15) is 12.0 Å². The number of nitro benzene ring substituents is 1. The fourth-order valence-corrected chi connectivity index (χ4v) is 2.96. The fraction of sp³-hybridized carbons (Fsp3) is 0.571. The predicted molar refractivity (Wildman–Crippen MR) is 81.9 cm³/mol. The standard InChI is InChI=1S/C14H17ClF3N3O2/c1-9-4-12(11(15)5-13(9)21(22)23)19-6-10-2-3-20(7-10)8-14(16,17)18/h4-5,10,19H,2-3,6-8H2,1H3. The number of nitrogens with zero attached hydrogens (tertiary/aromatic N) is 2. The van der Waals surface area contributed by atoms with E-state index in [2.05, 4.69) is 5.32 Å². The molecule has 0 bridgehead atoms. The van der Waals surface area contributed by atoms with E-state index < -0.39 is 17.6 Å². The molecule has 0 spiro atoms. The predicted octanol–water partition coefficient (Wildman–Crippen LogP) is 3.85. The first kappa shape index (κ1) is 17.8. The van der Waals surface area contributed by atoms with Crippen LogP contribution in [0.3, 0.4) is 0 Å². The van der Waals surface area contributed by atoms with Gasteiger partial charge in [0.25, 0.3) is 5.69 Å². The molecule has 1 N–H and O–H groups in total. The summed E-state index contributed by atoms with van der Waals surface area (Å²) in [5.74, 6) is 0.0870. The molecule has 9 heteroatoms. The lowest BCUT2D eigenvalue weighted by Crippen LogP contribution is -2.33. The maximum Gasteiger partial charge on any atom is 0.401 e. The molecule has 0 saturated carbocycles. The van der Waals surface area contributed by atoms with Gasteiger partial charge in [-0.25, -0.2) is 0 Å². The molecule has 1 aromatic rings. The molecule has 1 saturated heterocycles. The molecule has 2 rings (SSSR count). The Bertz CT molecular complexity index is 595. The summed E-state index contributed by atoms with van der Waals surface area (Å²) >= 11 is 6.02. The number of anilines is 1. The summed E-state index contributed by atoms with van der Waals surface area (Å²) in [6.07, 6.45) is -3.51. The van der Waals surface area contributed by atoms with E-state index in [1.165, 1.54) is 11.0 Å². The smallest absolute Gasteiger partial charge is 0.383 e. The Morgan fingerprint density at radius 2 is 2.17 bits per heavy atom. The summed E-state index contributed by atoms with van der Waals surface area (Å²) in [6.45, 7) is 1.99. The third kappa shape index (κ3) is 4.97. The number of halogens is 4. The van der Waals surface area contributed by atoms with Gasteiger partial charge in [0, 0.05) is 24.7 Å². The van der Waals surface area contributed by atoms with Crippen molar-refractivity contribution in [3.05, 3.63) is 32.8 Å². The number of alkyl halides is 3. The zero-order chi connectivity index (χ0) is 17.2. The monoisotopic (exact) mass is 351 g/mol. The number of hydrogen-bond donors (Lipinski definition) is 1. The van der Waals surface area contributed by atoms with Gasteiger partial charge in [0.1, 0.15) is 0 Å². The molecular formula is C14H17ClF3N3O2. The van der Waals surface area contributed by atoms with E-state index in [1.807, 2.05) is 0 Å². The van der Waals surface area contributed by atoms with Gasteiger partial charge in [-0.15, -0.1) is 0 Å². The molecule has 128 valence electrons.